The first-order chi connectivity index (χ1) is 12.7. The van der Waals surface area contributed by atoms with Gasteiger partial charge in [0.1, 0.15) is 5.82 Å². The highest BCUT2D eigenvalue weighted by molar-refractivity contribution is 5.77. The van der Waals surface area contributed by atoms with Crippen LogP contribution >= 0.6 is 0 Å². The number of aromatic nitrogens is 1. The molecule has 2 aliphatic rings. The van der Waals surface area contributed by atoms with E-state index in [2.05, 4.69) is 16.3 Å². The fourth-order valence-electron chi connectivity index (χ4n) is 3.66. The van der Waals surface area contributed by atoms with Crippen LogP contribution in [0.15, 0.2) is 30.3 Å². The van der Waals surface area contributed by atoms with E-state index >= 15 is 0 Å². The molecule has 1 saturated heterocycles. The molecule has 3 N–H and O–H groups in total. The molecule has 1 amide bonds. The van der Waals surface area contributed by atoms with E-state index in [4.69, 9.17) is 15.5 Å². The van der Waals surface area contributed by atoms with Gasteiger partial charge >= 0.3 is 0 Å². The first-order valence-electron chi connectivity index (χ1n) is 9.19. The van der Waals surface area contributed by atoms with Gasteiger partial charge in [-0.25, -0.2) is 4.98 Å². The number of amides is 1. The molecule has 1 aromatic heterocycles. The van der Waals surface area contributed by atoms with E-state index in [1.54, 1.807) is 0 Å². The minimum atomic E-state index is -0.312. The van der Waals surface area contributed by atoms with Crippen LogP contribution in [0.3, 0.4) is 0 Å². The van der Waals surface area contributed by atoms with Gasteiger partial charge < -0.3 is 20.7 Å². The number of ether oxygens (including phenoxy) is 1. The van der Waals surface area contributed by atoms with Crippen molar-refractivity contribution in [3.8, 4) is 0 Å². The number of benzene rings is 1. The SMILES string of the molecule is NC(=O)Cc1ccc(Nc2cc(N3CCOCC3)nc3c2CCC3)cc1. The summed E-state index contributed by atoms with van der Waals surface area (Å²) in [6.45, 7) is 3.27. The predicted octanol–water partition coefficient (Wildman–Crippen LogP) is 2.18. The lowest BCUT2D eigenvalue weighted by molar-refractivity contribution is -0.117. The number of aryl methyl sites for hydroxylation is 1. The van der Waals surface area contributed by atoms with E-state index < -0.39 is 0 Å². The van der Waals surface area contributed by atoms with Gasteiger partial charge in [0.25, 0.3) is 0 Å². The molecule has 4 rings (SSSR count). The van der Waals surface area contributed by atoms with Crippen molar-refractivity contribution >= 4 is 23.1 Å². The third-order valence-corrected chi connectivity index (χ3v) is 4.98. The van der Waals surface area contributed by atoms with Crippen LogP contribution in [0.25, 0.3) is 0 Å². The Bertz CT molecular complexity index is 798. The number of hydrogen-bond donors (Lipinski definition) is 2. The van der Waals surface area contributed by atoms with E-state index in [-0.39, 0.29) is 12.3 Å². The van der Waals surface area contributed by atoms with Gasteiger partial charge in [-0.3, -0.25) is 4.79 Å². The number of pyridine rings is 1. The molecular weight excluding hydrogens is 328 g/mol. The van der Waals surface area contributed by atoms with Gasteiger partial charge in [-0.05, 0) is 42.5 Å². The van der Waals surface area contributed by atoms with Crippen LogP contribution in [-0.4, -0.2) is 37.2 Å². The number of nitrogens with two attached hydrogens (primary N) is 1. The molecule has 1 aromatic carbocycles. The second-order valence-corrected chi connectivity index (χ2v) is 6.87. The van der Waals surface area contributed by atoms with E-state index in [1.165, 1.54) is 11.3 Å². The summed E-state index contributed by atoms with van der Waals surface area (Å²) in [6.07, 6.45) is 3.53. The van der Waals surface area contributed by atoms with E-state index in [9.17, 15) is 4.79 Å². The van der Waals surface area contributed by atoms with Crippen molar-refractivity contribution in [3.05, 3.63) is 47.2 Å². The third-order valence-electron chi connectivity index (χ3n) is 4.98. The number of morpholine rings is 1. The topological polar surface area (TPSA) is 80.5 Å². The molecule has 0 spiro atoms. The Hall–Kier alpha value is -2.60. The standard InChI is InChI=1S/C20H24N4O2/c21-19(25)12-14-4-6-15(7-5-14)22-18-13-20(24-8-10-26-11-9-24)23-17-3-1-2-16(17)18/h4-7,13H,1-3,8-12H2,(H2,21,25)(H,22,23). The number of carbonyl (C=O) groups is 1. The Balaban J connectivity index is 1.59. The fraction of sp³-hybridized carbons (Fsp3) is 0.400. The smallest absolute Gasteiger partial charge is 0.221 e. The molecule has 0 unspecified atom stereocenters. The number of nitrogens with one attached hydrogen (secondary N) is 1. The minimum Gasteiger partial charge on any atom is -0.378 e. The Morgan fingerprint density at radius 1 is 1.19 bits per heavy atom. The zero-order valence-electron chi connectivity index (χ0n) is 14.8. The molecule has 0 radical (unpaired) electrons. The highest BCUT2D eigenvalue weighted by Crippen LogP contribution is 2.33. The number of hydrogen-bond acceptors (Lipinski definition) is 5. The first-order valence-corrected chi connectivity index (χ1v) is 9.19. The van der Waals surface area contributed by atoms with E-state index in [0.29, 0.717) is 0 Å². The number of carbonyl (C=O) groups excluding carboxylic acids is 1. The predicted molar refractivity (Wildman–Crippen MR) is 102 cm³/mol. The van der Waals surface area contributed by atoms with Gasteiger partial charge in [0.2, 0.25) is 5.91 Å². The molecule has 0 bridgehead atoms. The molecule has 1 aliphatic heterocycles. The largest absolute Gasteiger partial charge is 0.378 e. The van der Waals surface area contributed by atoms with E-state index in [0.717, 1.165) is 68.3 Å². The molecule has 1 fully saturated rings. The van der Waals surface area contributed by atoms with Crippen LogP contribution in [0, 0.1) is 0 Å². The second-order valence-electron chi connectivity index (χ2n) is 6.87. The van der Waals surface area contributed by atoms with Crippen LogP contribution in [0.1, 0.15) is 23.2 Å². The summed E-state index contributed by atoms with van der Waals surface area (Å²) in [4.78, 5) is 18.2. The maximum Gasteiger partial charge on any atom is 0.221 e. The summed E-state index contributed by atoms with van der Waals surface area (Å²) in [5, 5.41) is 3.55. The highest BCUT2D eigenvalue weighted by Gasteiger charge is 2.21. The maximum atomic E-state index is 11.0. The van der Waals surface area contributed by atoms with Crippen LogP contribution in [0.2, 0.25) is 0 Å². The second kappa shape index (κ2) is 7.33. The van der Waals surface area contributed by atoms with Gasteiger partial charge in [0.05, 0.1) is 19.6 Å². The Labute approximate surface area is 153 Å². The molecule has 6 heteroatoms. The van der Waals surface area contributed by atoms with Gasteiger partial charge in [-0.1, -0.05) is 12.1 Å². The summed E-state index contributed by atoms with van der Waals surface area (Å²) in [5.74, 6) is 0.717. The van der Waals surface area contributed by atoms with Gasteiger partial charge in [0.15, 0.2) is 0 Å². The van der Waals surface area contributed by atoms with Crippen LogP contribution in [0.5, 0.6) is 0 Å². The lowest BCUT2D eigenvalue weighted by atomic mass is 10.1. The summed E-state index contributed by atoms with van der Waals surface area (Å²) in [6, 6.07) is 10.0. The summed E-state index contributed by atoms with van der Waals surface area (Å²) in [7, 11) is 0. The molecular formula is C20H24N4O2. The highest BCUT2D eigenvalue weighted by atomic mass is 16.5. The maximum absolute atomic E-state index is 11.0. The van der Waals surface area contributed by atoms with Crippen LogP contribution in [0.4, 0.5) is 17.2 Å². The van der Waals surface area contributed by atoms with Gasteiger partial charge in [-0.2, -0.15) is 0 Å². The van der Waals surface area contributed by atoms with Crippen molar-refractivity contribution in [1.29, 1.82) is 0 Å². The number of nitrogens with zero attached hydrogens (tertiary/aromatic N) is 2. The lowest BCUT2D eigenvalue weighted by Gasteiger charge is -2.29. The number of rotatable bonds is 5. The zero-order valence-corrected chi connectivity index (χ0v) is 14.8. The molecule has 6 nitrogen and oxygen atoms in total. The van der Waals surface area contributed by atoms with Crippen LogP contribution < -0.4 is 16.0 Å². The molecule has 0 atom stereocenters. The molecule has 0 saturated carbocycles. The van der Waals surface area contributed by atoms with Crippen molar-refractivity contribution in [1.82, 2.24) is 4.98 Å². The monoisotopic (exact) mass is 352 g/mol. The molecule has 1 aliphatic carbocycles. The summed E-state index contributed by atoms with van der Waals surface area (Å²) in [5.41, 5.74) is 10.9. The molecule has 136 valence electrons. The van der Waals surface area contributed by atoms with Crippen LogP contribution in [-0.2, 0) is 28.8 Å². The normalized spacial score (nSPS) is 16.4. The van der Waals surface area contributed by atoms with Crippen molar-refractivity contribution < 1.29 is 9.53 Å². The number of fused-ring (bicyclic) bond motifs is 1. The Kier molecular flexibility index (Phi) is 4.75. The minimum absolute atomic E-state index is 0.270. The van der Waals surface area contributed by atoms with E-state index in [1.807, 2.05) is 24.3 Å². The third kappa shape index (κ3) is 3.65. The molecule has 26 heavy (non-hydrogen) atoms. The van der Waals surface area contributed by atoms with Gasteiger partial charge in [0, 0.05) is 36.2 Å². The fourth-order valence-corrected chi connectivity index (χ4v) is 3.66. The summed E-state index contributed by atoms with van der Waals surface area (Å²) >= 11 is 0. The first kappa shape index (κ1) is 16.8. The molecule has 2 heterocycles. The van der Waals surface area contributed by atoms with Crippen molar-refractivity contribution in [3.63, 3.8) is 0 Å². The average molecular weight is 352 g/mol. The lowest BCUT2D eigenvalue weighted by Crippen LogP contribution is -2.36. The summed E-state index contributed by atoms with van der Waals surface area (Å²) < 4.78 is 5.46. The number of primary amides is 1. The Morgan fingerprint density at radius 3 is 2.69 bits per heavy atom. The molecule has 2 aromatic rings. The van der Waals surface area contributed by atoms with Crippen molar-refractivity contribution in [2.75, 3.05) is 36.5 Å². The van der Waals surface area contributed by atoms with Crippen molar-refractivity contribution in [2.45, 2.75) is 25.7 Å². The zero-order chi connectivity index (χ0) is 17.9. The van der Waals surface area contributed by atoms with Gasteiger partial charge in [-0.15, -0.1) is 0 Å². The number of anilines is 3. The average Bonchev–Trinajstić information content (AvgIpc) is 3.12. The Morgan fingerprint density at radius 2 is 1.96 bits per heavy atom. The quantitative estimate of drug-likeness (QED) is 0.862. The van der Waals surface area contributed by atoms with Crippen molar-refractivity contribution in [2.24, 2.45) is 5.73 Å².